The summed E-state index contributed by atoms with van der Waals surface area (Å²) in [6.45, 7) is 4.08. The van der Waals surface area contributed by atoms with Gasteiger partial charge in [-0.05, 0) is 42.7 Å². The van der Waals surface area contributed by atoms with Gasteiger partial charge in [0.2, 0.25) is 0 Å². The van der Waals surface area contributed by atoms with Crippen LogP contribution in [-0.2, 0) is 4.79 Å². The predicted molar refractivity (Wildman–Crippen MR) is 58.7 cm³/mol. The summed E-state index contributed by atoms with van der Waals surface area (Å²) in [5, 5.41) is 0. The number of allylic oxidation sites excluding steroid dienone is 1. The maximum Gasteiger partial charge on any atom is 0.142 e. The molecule has 0 bridgehead atoms. The molecule has 0 N–H and O–H groups in total. The van der Waals surface area contributed by atoms with E-state index < -0.39 is 0 Å². The van der Waals surface area contributed by atoms with Crippen LogP contribution in [0.4, 0.5) is 0 Å². The molecule has 0 atom stereocenters. The lowest BCUT2D eigenvalue weighted by Crippen LogP contribution is -1.85. The highest BCUT2D eigenvalue weighted by atomic mass is 79.9. The summed E-state index contributed by atoms with van der Waals surface area (Å²) in [5.41, 5.74) is 3.45. The van der Waals surface area contributed by atoms with Crippen LogP contribution in [0.15, 0.2) is 22.7 Å². The quantitative estimate of drug-likeness (QED) is 0.571. The third-order valence-corrected chi connectivity index (χ3v) is 2.48. The minimum atomic E-state index is 0.783. The number of carbonyl (C=O) groups excluding carboxylic acids is 1. The molecule has 1 nitrogen and oxygen atoms in total. The lowest BCUT2D eigenvalue weighted by atomic mass is 10.1. The standard InChI is InChI=1S/C11H11BrO/c1-8-6-9(2)10(4-3-5-13)11(12)7-8/h3-7H,1-2H3. The largest absolute Gasteiger partial charge is 0.299 e. The van der Waals surface area contributed by atoms with E-state index in [2.05, 4.69) is 22.0 Å². The summed E-state index contributed by atoms with van der Waals surface area (Å²) in [6.07, 6.45) is 4.10. The third kappa shape index (κ3) is 2.52. The normalized spacial score (nSPS) is 10.7. The first-order valence-corrected chi connectivity index (χ1v) is 4.83. The van der Waals surface area contributed by atoms with Gasteiger partial charge in [-0.15, -0.1) is 0 Å². The molecule has 0 spiro atoms. The van der Waals surface area contributed by atoms with E-state index in [-0.39, 0.29) is 0 Å². The Kier molecular flexibility index (Phi) is 3.43. The molecule has 2 heteroatoms. The van der Waals surface area contributed by atoms with Crippen molar-refractivity contribution in [1.82, 2.24) is 0 Å². The molecule has 0 aromatic heterocycles. The number of rotatable bonds is 2. The maximum atomic E-state index is 10.2. The van der Waals surface area contributed by atoms with Gasteiger partial charge in [-0.2, -0.15) is 0 Å². The summed E-state index contributed by atoms with van der Waals surface area (Å²) in [7, 11) is 0. The van der Waals surface area contributed by atoms with Crippen molar-refractivity contribution in [1.29, 1.82) is 0 Å². The van der Waals surface area contributed by atoms with Gasteiger partial charge in [0, 0.05) is 4.47 Å². The Labute approximate surface area is 86.6 Å². The van der Waals surface area contributed by atoms with E-state index in [4.69, 9.17) is 0 Å². The van der Waals surface area contributed by atoms with Crippen molar-refractivity contribution >= 4 is 28.3 Å². The Morgan fingerprint density at radius 1 is 1.31 bits per heavy atom. The van der Waals surface area contributed by atoms with Crippen molar-refractivity contribution in [3.8, 4) is 0 Å². The Morgan fingerprint density at radius 3 is 2.54 bits per heavy atom. The summed E-state index contributed by atoms with van der Waals surface area (Å²) >= 11 is 3.46. The first kappa shape index (κ1) is 10.2. The fourth-order valence-corrected chi connectivity index (χ4v) is 2.08. The molecule has 1 aromatic carbocycles. The molecule has 0 unspecified atom stereocenters. The highest BCUT2D eigenvalue weighted by Gasteiger charge is 2.00. The van der Waals surface area contributed by atoms with E-state index in [1.165, 1.54) is 17.2 Å². The van der Waals surface area contributed by atoms with Crippen molar-refractivity contribution < 1.29 is 4.79 Å². The van der Waals surface area contributed by atoms with E-state index in [0.29, 0.717) is 0 Å². The van der Waals surface area contributed by atoms with Crippen LogP contribution in [0.25, 0.3) is 6.08 Å². The highest BCUT2D eigenvalue weighted by Crippen LogP contribution is 2.23. The Bertz CT molecular complexity index is 330. The lowest BCUT2D eigenvalue weighted by molar-refractivity contribution is -0.104. The molecule has 0 fully saturated rings. The van der Waals surface area contributed by atoms with E-state index in [1.807, 2.05) is 26.0 Å². The van der Waals surface area contributed by atoms with Crippen LogP contribution in [-0.4, -0.2) is 6.29 Å². The summed E-state index contributed by atoms with van der Waals surface area (Å²) in [5.74, 6) is 0. The molecule has 0 saturated heterocycles. The highest BCUT2D eigenvalue weighted by molar-refractivity contribution is 9.10. The number of hydrogen-bond donors (Lipinski definition) is 0. The zero-order valence-corrected chi connectivity index (χ0v) is 9.26. The van der Waals surface area contributed by atoms with Gasteiger partial charge in [0.05, 0.1) is 0 Å². The van der Waals surface area contributed by atoms with E-state index in [1.54, 1.807) is 0 Å². The molecule has 0 heterocycles. The van der Waals surface area contributed by atoms with E-state index >= 15 is 0 Å². The van der Waals surface area contributed by atoms with Crippen LogP contribution >= 0.6 is 15.9 Å². The second-order valence-corrected chi connectivity index (χ2v) is 3.83. The molecule has 0 aliphatic heterocycles. The minimum absolute atomic E-state index is 0.783. The molecule has 1 aromatic rings. The molecule has 1 rings (SSSR count). The number of hydrogen-bond acceptors (Lipinski definition) is 1. The molecule has 68 valence electrons. The smallest absolute Gasteiger partial charge is 0.142 e. The van der Waals surface area contributed by atoms with Gasteiger partial charge in [-0.1, -0.05) is 28.1 Å². The number of aldehydes is 1. The fourth-order valence-electron chi connectivity index (χ4n) is 1.27. The van der Waals surface area contributed by atoms with Crippen LogP contribution in [0.3, 0.4) is 0 Å². The van der Waals surface area contributed by atoms with Gasteiger partial charge in [0.15, 0.2) is 0 Å². The number of benzene rings is 1. The molecule has 0 aliphatic carbocycles. The van der Waals surface area contributed by atoms with Gasteiger partial charge in [-0.25, -0.2) is 0 Å². The number of carbonyl (C=O) groups is 1. The van der Waals surface area contributed by atoms with Crippen LogP contribution < -0.4 is 0 Å². The summed E-state index contributed by atoms with van der Waals surface area (Å²) in [4.78, 5) is 10.2. The molecule has 0 saturated carbocycles. The van der Waals surface area contributed by atoms with Crippen molar-refractivity contribution in [2.45, 2.75) is 13.8 Å². The van der Waals surface area contributed by atoms with Gasteiger partial charge >= 0.3 is 0 Å². The Hall–Kier alpha value is -0.890. The molecular formula is C11H11BrO. The van der Waals surface area contributed by atoms with Crippen LogP contribution in [0.1, 0.15) is 16.7 Å². The van der Waals surface area contributed by atoms with Gasteiger partial charge in [0.1, 0.15) is 6.29 Å². The molecule has 13 heavy (non-hydrogen) atoms. The average Bonchev–Trinajstić information content (AvgIpc) is 2.02. The summed E-state index contributed by atoms with van der Waals surface area (Å²) in [6, 6.07) is 4.13. The first-order chi connectivity index (χ1) is 6.15. The molecular weight excluding hydrogens is 228 g/mol. The maximum absolute atomic E-state index is 10.2. The number of halogens is 1. The minimum Gasteiger partial charge on any atom is -0.299 e. The Balaban J connectivity index is 3.20. The van der Waals surface area contributed by atoms with Gasteiger partial charge in [-0.3, -0.25) is 4.79 Å². The van der Waals surface area contributed by atoms with Crippen molar-refractivity contribution in [2.24, 2.45) is 0 Å². The van der Waals surface area contributed by atoms with E-state index in [0.717, 1.165) is 16.3 Å². The van der Waals surface area contributed by atoms with Crippen molar-refractivity contribution in [3.63, 3.8) is 0 Å². The van der Waals surface area contributed by atoms with Crippen molar-refractivity contribution in [3.05, 3.63) is 39.4 Å². The monoisotopic (exact) mass is 238 g/mol. The van der Waals surface area contributed by atoms with Crippen molar-refractivity contribution in [2.75, 3.05) is 0 Å². The lowest BCUT2D eigenvalue weighted by Gasteiger charge is -2.04. The first-order valence-electron chi connectivity index (χ1n) is 4.03. The SMILES string of the molecule is Cc1cc(C)c(C=CC=O)c(Br)c1. The zero-order chi connectivity index (χ0) is 9.84. The van der Waals surface area contributed by atoms with Gasteiger partial charge < -0.3 is 0 Å². The molecule has 0 amide bonds. The van der Waals surface area contributed by atoms with Crippen LogP contribution in [0, 0.1) is 13.8 Å². The third-order valence-electron chi connectivity index (χ3n) is 1.82. The van der Waals surface area contributed by atoms with Gasteiger partial charge in [0.25, 0.3) is 0 Å². The molecule has 0 radical (unpaired) electrons. The number of aryl methyl sites for hydroxylation is 2. The fraction of sp³-hybridized carbons (Fsp3) is 0.182. The van der Waals surface area contributed by atoms with Crippen LogP contribution in [0.2, 0.25) is 0 Å². The Morgan fingerprint density at radius 2 is 2.00 bits per heavy atom. The second kappa shape index (κ2) is 4.38. The summed E-state index contributed by atoms with van der Waals surface area (Å²) < 4.78 is 1.03. The topological polar surface area (TPSA) is 17.1 Å². The second-order valence-electron chi connectivity index (χ2n) is 2.97. The zero-order valence-electron chi connectivity index (χ0n) is 7.67. The van der Waals surface area contributed by atoms with E-state index in [9.17, 15) is 4.79 Å². The average molecular weight is 239 g/mol. The predicted octanol–water partition coefficient (Wildman–Crippen LogP) is 3.28. The van der Waals surface area contributed by atoms with Crippen LogP contribution in [0.5, 0.6) is 0 Å². The molecule has 0 aliphatic rings.